The molecule has 1 aliphatic rings. The van der Waals surface area contributed by atoms with Gasteiger partial charge in [0.25, 0.3) is 11.7 Å². The topological polar surface area (TPSA) is 87.1 Å². The minimum absolute atomic E-state index is 0.0574. The van der Waals surface area contributed by atoms with Gasteiger partial charge in [-0.25, -0.2) is 0 Å². The first-order valence-corrected chi connectivity index (χ1v) is 11.1. The van der Waals surface area contributed by atoms with Gasteiger partial charge in [0.05, 0.1) is 23.8 Å². The number of rotatable bonds is 6. The van der Waals surface area contributed by atoms with Crippen LogP contribution in [0.3, 0.4) is 0 Å². The van der Waals surface area contributed by atoms with E-state index in [1.165, 1.54) is 42.5 Å². The van der Waals surface area contributed by atoms with Crippen molar-refractivity contribution in [1.82, 2.24) is 4.90 Å². The van der Waals surface area contributed by atoms with Crippen LogP contribution in [0.1, 0.15) is 35.2 Å². The van der Waals surface area contributed by atoms with Gasteiger partial charge in [0.2, 0.25) is 0 Å². The number of likely N-dealkylation sites (tertiary alicyclic amines) is 1. The van der Waals surface area contributed by atoms with E-state index in [1.807, 2.05) is 0 Å². The molecule has 0 aromatic heterocycles. The minimum Gasteiger partial charge on any atom is -0.508 e. The summed E-state index contributed by atoms with van der Waals surface area (Å²) in [7, 11) is 0. The molecule has 1 aliphatic heterocycles. The van der Waals surface area contributed by atoms with E-state index in [1.54, 1.807) is 25.1 Å². The number of aliphatic hydroxyl groups is 1. The van der Waals surface area contributed by atoms with E-state index in [0.717, 1.165) is 17.0 Å². The molecular formula is C27H22F3NO5. The molecule has 1 saturated heterocycles. The average Bonchev–Trinajstić information content (AvgIpc) is 3.09. The van der Waals surface area contributed by atoms with E-state index in [4.69, 9.17) is 4.74 Å². The number of halogens is 3. The van der Waals surface area contributed by atoms with E-state index < -0.39 is 35.2 Å². The second-order valence-electron chi connectivity index (χ2n) is 8.18. The predicted molar refractivity (Wildman–Crippen MR) is 125 cm³/mol. The SMILES string of the molecule is CCOc1cccc(/C(O)=C2\C(=O)C(=O)N(Cc3cccc(C(F)(F)F)c3)C2c2ccc(O)cc2)c1. The lowest BCUT2D eigenvalue weighted by molar-refractivity contribution is -0.140. The Hall–Kier alpha value is -4.27. The van der Waals surface area contributed by atoms with Crippen molar-refractivity contribution in [2.45, 2.75) is 25.7 Å². The monoisotopic (exact) mass is 497 g/mol. The predicted octanol–water partition coefficient (Wildman–Crippen LogP) is 5.43. The van der Waals surface area contributed by atoms with Gasteiger partial charge in [-0.3, -0.25) is 9.59 Å². The molecule has 6 nitrogen and oxygen atoms in total. The molecule has 0 spiro atoms. The van der Waals surface area contributed by atoms with Crippen LogP contribution in [-0.2, 0) is 22.3 Å². The Morgan fingerprint density at radius 2 is 1.69 bits per heavy atom. The number of hydrogen-bond acceptors (Lipinski definition) is 5. The van der Waals surface area contributed by atoms with Gasteiger partial charge in [-0.1, -0.05) is 36.4 Å². The Labute approximate surface area is 204 Å². The van der Waals surface area contributed by atoms with Crippen molar-refractivity contribution in [2.75, 3.05) is 6.61 Å². The zero-order valence-corrected chi connectivity index (χ0v) is 19.1. The number of ketones is 1. The molecule has 3 aromatic rings. The van der Waals surface area contributed by atoms with Crippen LogP contribution in [0.5, 0.6) is 11.5 Å². The first-order valence-electron chi connectivity index (χ1n) is 11.1. The number of hydrogen-bond donors (Lipinski definition) is 2. The molecule has 3 aromatic carbocycles. The fraction of sp³-hybridized carbons (Fsp3) is 0.185. The summed E-state index contributed by atoms with van der Waals surface area (Å²) in [4.78, 5) is 27.3. The second-order valence-corrected chi connectivity index (χ2v) is 8.18. The number of amides is 1. The van der Waals surface area contributed by atoms with Gasteiger partial charge in [-0.05, 0) is 54.4 Å². The van der Waals surface area contributed by atoms with E-state index in [9.17, 15) is 33.0 Å². The Balaban J connectivity index is 1.83. The van der Waals surface area contributed by atoms with Crippen molar-refractivity contribution < 1.29 is 37.7 Å². The molecule has 186 valence electrons. The molecule has 1 unspecified atom stereocenters. The van der Waals surface area contributed by atoms with Crippen LogP contribution in [0.2, 0.25) is 0 Å². The van der Waals surface area contributed by atoms with Gasteiger partial charge in [-0.15, -0.1) is 0 Å². The molecule has 1 fully saturated rings. The third-order valence-electron chi connectivity index (χ3n) is 5.77. The van der Waals surface area contributed by atoms with E-state index in [2.05, 4.69) is 0 Å². The van der Waals surface area contributed by atoms with Gasteiger partial charge < -0.3 is 19.8 Å². The third-order valence-corrected chi connectivity index (χ3v) is 5.77. The van der Waals surface area contributed by atoms with Crippen molar-refractivity contribution in [3.05, 3.63) is 101 Å². The van der Waals surface area contributed by atoms with E-state index in [-0.39, 0.29) is 29.0 Å². The van der Waals surface area contributed by atoms with Gasteiger partial charge >= 0.3 is 6.18 Å². The van der Waals surface area contributed by atoms with E-state index in [0.29, 0.717) is 17.9 Å². The molecule has 1 amide bonds. The van der Waals surface area contributed by atoms with Crippen LogP contribution in [0.15, 0.2) is 78.4 Å². The number of alkyl halides is 3. The number of aromatic hydroxyl groups is 1. The molecular weight excluding hydrogens is 475 g/mol. The number of aliphatic hydroxyl groups excluding tert-OH is 1. The average molecular weight is 497 g/mol. The van der Waals surface area contributed by atoms with E-state index >= 15 is 0 Å². The Morgan fingerprint density at radius 3 is 2.36 bits per heavy atom. The largest absolute Gasteiger partial charge is 0.508 e. The van der Waals surface area contributed by atoms with Crippen molar-refractivity contribution in [3.63, 3.8) is 0 Å². The third kappa shape index (κ3) is 4.91. The maximum absolute atomic E-state index is 13.2. The van der Waals surface area contributed by atoms with Gasteiger partial charge in [0, 0.05) is 12.1 Å². The number of phenols is 1. The molecule has 1 atom stereocenters. The van der Waals surface area contributed by atoms with Crippen LogP contribution in [-0.4, -0.2) is 33.4 Å². The molecule has 9 heteroatoms. The summed E-state index contributed by atoms with van der Waals surface area (Å²) < 4.78 is 45.2. The van der Waals surface area contributed by atoms with Crippen LogP contribution in [0.25, 0.3) is 5.76 Å². The summed E-state index contributed by atoms with van der Waals surface area (Å²) in [6, 6.07) is 15.4. The normalized spacial score (nSPS) is 17.4. The lowest BCUT2D eigenvalue weighted by Gasteiger charge is -2.26. The van der Waals surface area contributed by atoms with Crippen LogP contribution in [0, 0.1) is 0 Å². The number of Topliss-reactive ketones (excluding diaryl/α,β-unsaturated/α-hetero) is 1. The fourth-order valence-electron chi connectivity index (χ4n) is 4.14. The van der Waals surface area contributed by atoms with Crippen LogP contribution in [0.4, 0.5) is 13.2 Å². The number of phenolic OH excluding ortho intramolecular Hbond substituents is 1. The van der Waals surface area contributed by atoms with Gasteiger partial charge in [-0.2, -0.15) is 13.2 Å². The first-order chi connectivity index (χ1) is 17.1. The first kappa shape index (κ1) is 24.8. The van der Waals surface area contributed by atoms with Crippen LogP contribution < -0.4 is 4.74 Å². The van der Waals surface area contributed by atoms with Crippen molar-refractivity contribution in [2.24, 2.45) is 0 Å². The van der Waals surface area contributed by atoms with Gasteiger partial charge in [0.1, 0.15) is 17.3 Å². The summed E-state index contributed by atoms with van der Waals surface area (Å²) in [5.41, 5.74) is -0.311. The maximum atomic E-state index is 13.2. The molecule has 0 bridgehead atoms. The van der Waals surface area contributed by atoms with Crippen molar-refractivity contribution >= 4 is 17.4 Å². The molecule has 0 aliphatic carbocycles. The molecule has 36 heavy (non-hydrogen) atoms. The lowest BCUT2D eigenvalue weighted by atomic mass is 9.95. The summed E-state index contributed by atoms with van der Waals surface area (Å²) in [6.45, 7) is 1.85. The Kier molecular flexibility index (Phi) is 6.74. The van der Waals surface area contributed by atoms with Gasteiger partial charge in [0.15, 0.2) is 0 Å². The lowest BCUT2D eigenvalue weighted by Crippen LogP contribution is -2.29. The zero-order valence-electron chi connectivity index (χ0n) is 19.1. The molecule has 0 radical (unpaired) electrons. The number of nitrogens with zero attached hydrogens (tertiary/aromatic N) is 1. The zero-order chi connectivity index (χ0) is 26.0. The molecule has 4 rings (SSSR count). The fourth-order valence-corrected chi connectivity index (χ4v) is 4.14. The highest BCUT2D eigenvalue weighted by molar-refractivity contribution is 6.46. The molecule has 1 heterocycles. The van der Waals surface area contributed by atoms with Crippen LogP contribution >= 0.6 is 0 Å². The summed E-state index contributed by atoms with van der Waals surface area (Å²) in [5, 5.41) is 20.9. The number of ether oxygens (including phenoxy) is 1. The number of carbonyl (C=O) groups excluding carboxylic acids is 2. The highest BCUT2D eigenvalue weighted by Gasteiger charge is 2.46. The summed E-state index contributed by atoms with van der Waals surface area (Å²) >= 11 is 0. The number of benzene rings is 3. The van der Waals surface area contributed by atoms with Crippen molar-refractivity contribution in [1.29, 1.82) is 0 Å². The smallest absolute Gasteiger partial charge is 0.416 e. The Bertz CT molecular complexity index is 1330. The van der Waals surface area contributed by atoms with Crippen molar-refractivity contribution in [3.8, 4) is 11.5 Å². The Morgan fingerprint density at radius 1 is 1.00 bits per heavy atom. The number of carbonyl (C=O) groups is 2. The maximum Gasteiger partial charge on any atom is 0.416 e. The highest BCUT2D eigenvalue weighted by Crippen LogP contribution is 2.41. The summed E-state index contributed by atoms with van der Waals surface area (Å²) in [5.74, 6) is -1.99. The highest BCUT2D eigenvalue weighted by atomic mass is 19.4. The standard InChI is InChI=1S/C27H22F3NO5/c1-2-36-21-8-4-6-18(14-21)24(33)22-23(17-9-11-20(32)12-10-17)31(26(35)25(22)34)15-16-5-3-7-19(13-16)27(28,29)30/h3-14,23,32-33H,2,15H2,1H3/b24-22+. The second kappa shape index (κ2) is 9.77. The summed E-state index contributed by atoms with van der Waals surface area (Å²) in [6.07, 6.45) is -4.58. The quantitative estimate of drug-likeness (QED) is 0.269. The molecule has 0 saturated carbocycles. The minimum atomic E-state index is -4.58. The molecule has 2 N–H and O–H groups in total.